The van der Waals surface area contributed by atoms with Gasteiger partial charge in [-0.1, -0.05) is 6.07 Å². The zero-order chi connectivity index (χ0) is 18.0. The Kier molecular flexibility index (Phi) is 9.67. The summed E-state index contributed by atoms with van der Waals surface area (Å²) < 4.78 is 91.6. The van der Waals surface area contributed by atoms with Crippen molar-refractivity contribution in [1.29, 1.82) is 0 Å². The first kappa shape index (κ1) is 25.2. The van der Waals surface area contributed by atoms with Gasteiger partial charge in [0.15, 0.2) is 0 Å². The maximum Gasteiger partial charge on any atom is 0.416 e. The van der Waals surface area contributed by atoms with Gasteiger partial charge in [-0.2, -0.15) is 26.3 Å². The van der Waals surface area contributed by atoms with Crippen molar-refractivity contribution < 1.29 is 30.7 Å². The highest BCUT2D eigenvalue weighted by atomic mass is 35.5. The van der Waals surface area contributed by atoms with Crippen LogP contribution < -0.4 is 5.32 Å². The number of hydrogen-bond acceptors (Lipinski definition) is 2. The maximum absolute atomic E-state index is 14.2. The lowest BCUT2D eigenvalue weighted by atomic mass is 9.93. The number of piperazine rings is 1. The topological polar surface area (TPSA) is 15.3 Å². The number of nitrogens with zero attached hydrogens (tertiary/aromatic N) is 1. The van der Waals surface area contributed by atoms with E-state index in [0.717, 1.165) is 12.1 Å². The SMILES string of the molecule is Cl.Cl.Fc1cccc(C(F)(F)F)c1[C@@H](CCC(F)(F)F)N1CCNCC1. The van der Waals surface area contributed by atoms with Gasteiger partial charge in [-0.25, -0.2) is 4.39 Å². The summed E-state index contributed by atoms with van der Waals surface area (Å²) in [4.78, 5) is 1.48. The molecule has 1 aromatic carbocycles. The van der Waals surface area contributed by atoms with Crippen LogP contribution in [0.2, 0.25) is 0 Å². The van der Waals surface area contributed by atoms with Crippen molar-refractivity contribution >= 4 is 24.8 Å². The van der Waals surface area contributed by atoms with Crippen molar-refractivity contribution in [1.82, 2.24) is 10.2 Å². The molecule has 0 amide bonds. The molecule has 0 aromatic heterocycles. The molecule has 1 aromatic rings. The van der Waals surface area contributed by atoms with Crippen LogP contribution in [0.4, 0.5) is 30.7 Å². The van der Waals surface area contributed by atoms with Crippen LogP contribution in [0.15, 0.2) is 18.2 Å². The van der Waals surface area contributed by atoms with Crippen LogP contribution in [0, 0.1) is 5.82 Å². The number of alkyl halides is 6. The molecular formula is C15H19Cl2F7N2. The number of nitrogens with one attached hydrogen (secondary N) is 1. The number of halogens is 9. The first-order valence-electron chi connectivity index (χ1n) is 7.47. The zero-order valence-corrected chi connectivity index (χ0v) is 15.1. The van der Waals surface area contributed by atoms with Gasteiger partial charge in [-0.3, -0.25) is 4.90 Å². The van der Waals surface area contributed by atoms with Gasteiger partial charge in [0.1, 0.15) is 5.82 Å². The quantitative estimate of drug-likeness (QED) is 0.677. The van der Waals surface area contributed by atoms with Crippen LogP contribution in [0.1, 0.15) is 30.0 Å². The van der Waals surface area contributed by atoms with E-state index in [0.29, 0.717) is 19.2 Å². The Morgan fingerprint density at radius 2 is 1.58 bits per heavy atom. The monoisotopic (exact) mass is 430 g/mol. The molecule has 0 unspecified atom stereocenters. The minimum absolute atomic E-state index is 0. The fourth-order valence-corrected chi connectivity index (χ4v) is 2.93. The molecule has 1 aliphatic heterocycles. The summed E-state index contributed by atoms with van der Waals surface area (Å²) in [5.74, 6) is -1.13. The Balaban J connectivity index is 0.00000312. The van der Waals surface area contributed by atoms with Gasteiger partial charge < -0.3 is 5.32 Å². The lowest BCUT2D eigenvalue weighted by Gasteiger charge is -2.36. The number of benzene rings is 1. The zero-order valence-electron chi connectivity index (χ0n) is 13.5. The normalized spacial score (nSPS) is 17.2. The average molecular weight is 431 g/mol. The Morgan fingerprint density at radius 1 is 1.00 bits per heavy atom. The molecule has 0 radical (unpaired) electrons. The molecule has 0 saturated carbocycles. The van der Waals surface area contributed by atoms with E-state index in [1.807, 2.05) is 0 Å². The predicted molar refractivity (Wildman–Crippen MR) is 88.4 cm³/mol. The van der Waals surface area contributed by atoms with Crippen molar-refractivity contribution in [2.24, 2.45) is 0 Å². The van der Waals surface area contributed by atoms with Gasteiger partial charge >= 0.3 is 12.4 Å². The van der Waals surface area contributed by atoms with E-state index >= 15 is 0 Å². The van der Waals surface area contributed by atoms with Crippen molar-refractivity contribution in [2.45, 2.75) is 31.2 Å². The lowest BCUT2D eigenvalue weighted by Crippen LogP contribution is -2.46. The molecule has 0 spiro atoms. The molecule has 1 atom stereocenters. The third-order valence-electron chi connectivity index (χ3n) is 3.99. The van der Waals surface area contributed by atoms with E-state index in [4.69, 9.17) is 0 Å². The lowest BCUT2D eigenvalue weighted by molar-refractivity contribution is -0.141. The molecule has 11 heteroatoms. The molecule has 1 N–H and O–H groups in total. The summed E-state index contributed by atoms with van der Waals surface area (Å²) in [6.45, 7) is 1.37. The summed E-state index contributed by atoms with van der Waals surface area (Å²) in [6, 6.07) is 1.21. The molecule has 1 saturated heterocycles. The summed E-state index contributed by atoms with van der Waals surface area (Å²) >= 11 is 0. The Labute approximate surface area is 158 Å². The van der Waals surface area contributed by atoms with Gasteiger partial charge in [-0.15, -0.1) is 24.8 Å². The minimum atomic E-state index is -4.83. The fourth-order valence-electron chi connectivity index (χ4n) is 2.93. The summed E-state index contributed by atoms with van der Waals surface area (Å²) in [5, 5.41) is 2.97. The third-order valence-corrected chi connectivity index (χ3v) is 3.99. The van der Waals surface area contributed by atoms with Gasteiger partial charge in [0.2, 0.25) is 0 Å². The van der Waals surface area contributed by atoms with Crippen molar-refractivity contribution in [3.8, 4) is 0 Å². The van der Waals surface area contributed by atoms with Crippen LogP contribution >= 0.6 is 24.8 Å². The fraction of sp³-hybridized carbons (Fsp3) is 0.600. The van der Waals surface area contributed by atoms with Gasteiger partial charge in [0, 0.05) is 44.2 Å². The van der Waals surface area contributed by atoms with Gasteiger partial charge in [-0.05, 0) is 18.6 Å². The van der Waals surface area contributed by atoms with Crippen molar-refractivity contribution in [2.75, 3.05) is 26.2 Å². The molecule has 1 fully saturated rings. The van der Waals surface area contributed by atoms with Crippen LogP contribution in [0.3, 0.4) is 0 Å². The summed E-state index contributed by atoms with van der Waals surface area (Å²) in [5.41, 5.74) is -1.91. The second-order valence-corrected chi connectivity index (χ2v) is 5.65. The molecule has 2 rings (SSSR count). The summed E-state index contributed by atoms with van der Waals surface area (Å²) in [7, 11) is 0. The largest absolute Gasteiger partial charge is 0.416 e. The highest BCUT2D eigenvalue weighted by Gasteiger charge is 2.40. The third kappa shape index (κ3) is 6.75. The van der Waals surface area contributed by atoms with Crippen LogP contribution in [-0.2, 0) is 6.18 Å². The van der Waals surface area contributed by atoms with E-state index in [1.54, 1.807) is 0 Å². The van der Waals surface area contributed by atoms with Crippen molar-refractivity contribution in [3.63, 3.8) is 0 Å². The van der Waals surface area contributed by atoms with E-state index in [-0.39, 0.29) is 37.9 Å². The van der Waals surface area contributed by atoms with E-state index in [1.165, 1.54) is 4.90 Å². The Bertz CT molecular complexity index is 558. The first-order valence-corrected chi connectivity index (χ1v) is 7.47. The minimum Gasteiger partial charge on any atom is -0.314 e. The van der Waals surface area contributed by atoms with Crippen LogP contribution in [-0.4, -0.2) is 37.3 Å². The molecule has 26 heavy (non-hydrogen) atoms. The van der Waals surface area contributed by atoms with E-state index in [2.05, 4.69) is 5.32 Å². The molecule has 1 aliphatic rings. The predicted octanol–water partition coefficient (Wildman–Crippen LogP) is 4.98. The van der Waals surface area contributed by atoms with Crippen LogP contribution in [0.5, 0.6) is 0 Å². The van der Waals surface area contributed by atoms with Gasteiger partial charge in [0.05, 0.1) is 5.56 Å². The van der Waals surface area contributed by atoms with Gasteiger partial charge in [0.25, 0.3) is 0 Å². The molecule has 152 valence electrons. The second-order valence-electron chi connectivity index (χ2n) is 5.65. The van der Waals surface area contributed by atoms with E-state index in [9.17, 15) is 30.7 Å². The summed E-state index contributed by atoms with van der Waals surface area (Å²) in [6.07, 6.45) is -11.2. The van der Waals surface area contributed by atoms with Crippen molar-refractivity contribution in [3.05, 3.63) is 35.1 Å². The molecule has 1 heterocycles. The second kappa shape index (κ2) is 9.96. The Morgan fingerprint density at radius 3 is 2.08 bits per heavy atom. The molecule has 2 nitrogen and oxygen atoms in total. The Hall–Kier alpha value is -0.770. The smallest absolute Gasteiger partial charge is 0.314 e. The molecule has 0 aliphatic carbocycles. The highest BCUT2D eigenvalue weighted by Crippen LogP contribution is 2.40. The highest BCUT2D eigenvalue weighted by molar-refractivity contribution is 5.85. The van der Waals surface area contributed by atoms with E-state index < -0.39 is 48.2 Å². The maximum atomic E-state index is 14.2. The number of hydrogen-bond donors (Lipinski definition) is 1. The first-order chi connectivity index (χ1) is 11.1. The number of rotatable bonds is 4. The standard InChI is InChI=1S/C15H17F7N2.2ClH/c16-11-3-1-2-10(15(20,21)22)13(11)12(4-5-14(17,18)19)24-8-6-23-7-9-24;;/h1-3,12,23H,4-9H2;2*1H/t12-;;/m1../s1. The molecule has 0 bridgehead atoms. The van der Waals surface area contributed by atoms with Crippen LogP contribution in [0.25, 0.3) is 0 Å². The average Bonchev–Trinajstić information content (AvgIpc) is 2.47. The molecular weight excluding hydrogens is 412 g/mol.